The van der Waals surface area contributed by atoms with Crippen LogP contribution in [0.25, 0.3) is 0 Å². The van der Waals surface area contributed by atoms with Gasteiger partial charge in [-0.05, 0) is 83.4 Å². The molecule has 2 aromatic carbocycles. The van der Waals surface area contributed by atoms with E-state index in [-0.39, 0.29) is 32.5 Å². The topological polar surface area (TPSA) is 68.3 Å². The summed E-state index contributed by atoms with van der Waals surface area (Å²) in [5, 5.41) is -1.62. The minimum Gasteiger partial charge on any atom is -0.223 e. The third kappa shape index (κ3) is 1.36. The molecule has 7 aliphatic rings. The third-order valence-electron chi connectivity index (χ3n) is 10.3. The molecule has 0 saturated heterocycles. The van der Waals surface area contributed by atoms with Crippen molar-refractivity contribution in [3.63, 3.8) is 0 Å². The van der Waals surface area contributed by atoms with E-state index in [9.17, 15) is 16.8 Å². The van der Waals surface area contributed by atoms with E-state index in [0.29, 0.717) is 23.7 Å². The van der Waals surface area contributed by atoms with Gasteiger partial charge in [-0.2, -0.15) is 0 Å². The average Bonchev–Trinajstić information content (AvgIpc) is 3.17. The monoisotopic (exact) mass is 438 g/mol. The number of fused-ring (bicyclic) bond motifs is 2. The lowest BCUT2D eigenvalue weighted by molar-refractivity contribution is 0.0676. The zero-order valence-corrected chi connectivity index (χ0v) is 17.9. The van der Waals surface area contributed by atoms with Crippen LogP contribution < -0.4 is 0 Å². The van der Waals surface area contributed by atoms with Gasteiger partial charge < -0.3 is 0 Å². The van der Waals surface area contributed by atoms with Crippen LogP contribution in [0.5, 0.6) is 0 Å². The Balaban J connectivity index is 1.34. The fourth-order valence-corrected chi connectivity index (χ4v) is 15.3. The summed E-state index contributed by atoms with van der Waals surface area (Å²) in [6.45, 7) is 0. The highest BCUT2D eigenvalue weighted by Crippen LogP contribution is 3.12. The molecule has 154 valence electrons. The van der Waals surface area contributed by atoms with Crippen LogP contribution in [0.15, 0.2) is 70.5 Å². The second kappa shape index (κ2) is 4.58. The molecular formula is C24H22O4S2. The molecule has 2 aromatic rings. The van der Waals surface area contributed by atoms with Crippen molar-refractivity contribution in [3.05, 3.63) is 60.7 Å². The maximum absolute atomic E-state index is 13.9. The first-order valence-electron chi connectivity index (χ1n) is 11.0. The molecule has 7 aliphatic carbocycles. The van der Waals surface area contributed by atoms with Gasteiger partial charge in [-0.25, -0.2) is 16.8 Å². The zero-order valence-electron chi connectivity index (χ0n) is 16.3. The molecule has 10 atom stereocenters. The molecule has 0 aromatic heterocycles. The van der Waals surface area contributed by atoms with Crippen molar-refractivity contribution in [1.29, 1.82) is 0 Å². The van der Waals surface area contributed by atoms with Gasteiger partial charge in [0.15, 0.2) is 19.7 Å². The number of hydrogen-bond acceptors (Lipinski definition) is 4. The van der Waals surface area contributed by atoms with Gasteiger partial charge in [0.2, 0.25) is 0 Å². The normalized spacial score (nSPS) is 50.5. The smallest absolute Gasteiger partial charge is 0.182 e. The second-order valence-corrected chi connectivity index (χ2v) is 14.7. The predicted octanol–water partition coefficient (Wildman–Crippen LogP) is 3.20. The lowest BCUT2D eigenvalue weighted by Crippen LogP contribution is -2.55. The Morgan fingerprint density at radius 2 is 0.933 bits per heavy atom. The Hall–Kier alpha value is -1.66. The van der Waals surface area contributed by atoms with Crippen molar-refractivity contribution >= 4 is 19.7 Å². The Kier molecular flexibility index (Phi) is 2.59. The zero-order chi connectivity index (χ0) is 20.3. The molecule has 6 heteroatoms. The van der Waals surface area contributed by atoms with Crippen LogP contribution in [-0.2, 0) is 19.7 Å². The van der Waals surface area contributed by atoms with Crippen LogP contribution in [0, 0.1) is 46.3 Å². The highest BCUT2D eigenvalue weighted by Gasteiger charge is 3.10. The molecule has 9 rings (SSSR count). The van der Waals surface area contributed by atoms with E-state index in [2.05, 4.69) is 0 Å². The van der Waals surface area contributed by atoms with Gasteiger partial charge in [-0.3, -0.25) is 0 Å². The molecule has 2 spiro atoms. The third-order valence-corrected chi connectivity index (χ3v) is 15.0. The first kappa shape index (κ1) is 17.0. The molecule has 30 heavy (non-hydrogen) atoms. The summed E-state index contributed by atoms with van der Waals surface area (Å²) < 4.78 is 55.7. The quantitative estimate of drug-likeness (QED) is 0.735. The van der Waals surface area contributed by atoms with Gasteiger partial charge in [0.05, 0.1) is 20.3 Å². The number of hydrogen-bond donors (Lipinski definition) is 0. The SMILES string of the molecule is O=S(=O)(c1ccccc1)[C@@H]1[C@H](S(=O)(=O)c2ccccc2)[C@H]2C[C@@H]1[C@@]13[C@@H]4[C@H]5[C@H](C[C@@H]41)[C@]523. The molecule has 0 amide bonds. The lowest BCUT2D eigenvalue weighted by atomic mass is 9.63. The summed E-state index contributed by atoms with van der Waals surface area (Å²) in [7, 11) is -7.47. The van der Waals surface area contributed by atoms with Crippen LogP contribution in [0.1, 0.15) is 12.8 Å². The van der Waals surface area contributed by atoms with Crippen molar-refractivity contribution in [2.24, 2.45) is 46.3 Å². The number of benzene rings is 2. The van der Waals surface area contributed by atoms with E-state index in [1.807, 2.05) is 0 Å². The van der Waals surface area contributed by atoms with E-state index in [0.717, 1.165) is 6.42 Å². The Bertz CT molecular complexity index is 1220. The molecule has 0 aliphatic heterocycles. The van der Waals surface area contributed by atoms with E-state index < -0.39 is 30.2 Å². The lowest BCUT2D eigenvalue weighted by Gasteiger charge is -2.47. The van der Waals surface area contributed by atoms with Crippen LogP contribution in [0.4, 0.5) is 0 Å². The average molecular weight is 439 g/mol. The van der Waals surface area contributed by atoms with Crippen LogP contribution in [0.2, 0.25) is 0 Å². The fourth-order valence-electron chi connectivity index (χ4n) is 10.1. The molecule has 0 radical (unpaired) electrons. The summed E-state index contributed by atoms with van der Waals surface area (Å²) >= 11 is 0. The summed E-state index contributed by atoms with van der Waals surface area (Å²) in [5.41, 5.74) is 0.338. The molecule has 4 bridgehead atoms. The van der Waals surface area contributed by atoms with Crippen LogP contribution >= 0.6 is 0 Å². The Morgan fingerprint density at radius 1 is 0.567 bits per heavy atom. The number of rotatable bonds is 4. The standard InChI is InChI=1S/C24H22O4S2/c25-29(26,13-7-3-1-4-8-13)21-17-12-18(22(21)30(27,28)14-9-5-2-6-10-14)24-16-11-15-19(20(16)24)23(15,17)24/h1-10,15-22H,11-12H2/t15-,16-,17-,18+,19-,20+,21-,22+,23+,24+/m0/s1. The van der Waals surface area contributed by atoms with E-state index in [1.54, 1.807) is 60.7 Å². The first-order valence-corrected chi connectivity index (χ1v) is 14.1. The van der Waals surface area contributed by atoms with Gasteiger partial charge in [-0.1, -0.05) is 36.4 Å². The largest absolute Gasteiger partial charge is 0.223 e. The molecule has 4 nitrogen and oxygen atoms in total. The minimum absolute atomic E-state index is 0.00921. The predicted molar refractivity (Wildman–Crippen MR) is 110 cm³/mol. The van der Waals surface area contributed by atoms with E-state index >= 15 is 0 Å². The molecule has 7 fully saturated rings. The maximum Gasteiger partial charge on any atom is 0.182 e. The number of sulfone groups is 2. The highest BCUT2D eigenvalue weighted by molar-refractivity contribution is 7.96. The van der Waals surface area contributed by atoms with Crippen LogP contribution in [-0.4, -0.2) is 27.3 Å². The van der Waals surface area contributed by atoms with Crippen molar-refractivity contribution in [1.82, 2.24) is 0 Å². The Labute approximate surface area is 176 Å². The highest BCUT2D eigenvalue weighted by atomic mass is 32.2. The minimum atomic E-state index is -3.74. The Morgan fingerprint density at radius 3 is 1.30 bits per heavy atom. The van der Waals surface area contributed by atoms with Gasteiger partial charge in [0, 0.05) is 0 Å². The molecule has 7 saturated carbocycles. The second-order valence-electron chi connectivity index (χ2n) is 10.5. The molecule has 0 unspecified atom stereocenters. The fraction of sp³-hybridized carbons (Fsp3) is 0.500. The van der Waals surface area contributed by atoms with Crippen molar-refractivity contribution in [2.45, 2.75) is 33.1 Å². The van der Waals surface area contributed by atoms with E-state index in [4.69, 9.17) is 0 Å². The van der Waals surface area contributed by atoms with Gasteiger partial charge >= 0.3 is 0 Å². The molecule has 0 heterocycles. The van der Waals surface area contributed by atoms with Crippen molar-refractivity contribution < 1.29 is 16.8 Å². The maximum atomic E-state index is 13.9. The van der Waals surface area contributed by atoms with Crippen molar-refractivity contribution in [2.75, 3.05) is 0 Å². The first-order chi connectivity index (χ1) is 14.4. The van der Waals surface area contributed by atoms with Crippen LogP contribution in [0.3, 0.4) is 0 Å². The summed E-state index contributed by atoms with van der Waals surface area (Å²) in [4.78, 5) is 0.551. The summed E-state index contributed by atoms with van der Waals surface area (Å²) in [5.74, 6) is 2.77. The van der Waals surface area contributed by atoms with Gasteiger partial charge in [0.25, 0.3) is 0 Å². The summed E-state index contributed by atoms with van der Waals surface area (Å²) in [6.07, 6.45) is 2.01. The van der Waals surface area contributed by atoms with Crippen molar-refractivity contribution in [3.8, 4) is 0 Å². The molecular weight excluding hydrogens is 416 g/mol. The summed E-state index contributed by atoms with van der Waals surface area (Å²) in [6, 6.07) is 17.1. The van der Waals surface area contributed by atoms with Gasteiger partial charge in [0.1, 0.15) is 0 Å². The van der Waals surface area contributed by atoms with Gasteiger partial charge in [-0.15, -0.1) is 0 Å². The molecule has 0 N–H and O–H groups in total. The van der Waals surface area contributed by atoms with E-state index in [1.165, 1.54) is 6.42 Å².